The van der Waals surface area contributed by atoms with Crippen molar-refractivity contribution in [2.45, 2.75) is 19.9 Å². The number of halogens is 2. The number of hydrogen-bond donors (Lipinski definition) is 1. The van der Waals surface area contributed by atoms with Crippen LogP contribution in [0.25, 0.3) is 5.69 Å². The first kappa shape index (κ1) is 23.3. The molecule has 0 spiro atoms. The average Bonchev–Trinajstić information content (AvgIpc) is 3.28. The van der Waals surface area contributed by atoms with Crippen molar-refractivity contribution in [2.75, 3.05) is 20.1 Å². The molecule has 6 nitrogen and oxygen atoms in total. The highest BCUT2D eigenvalue weighted by Crippen LogP contribution is 2.14. The average molecular weight is 527 g/mol. The molecule has 8 heteroatoms. The van der Waals surface area contributed by atoms with Crippen molar-refractivity contribution < 1.29 is 0 Å². The van der Waals surface area contributed by atoms with E-state index < -0.39 is 0 Å². The molecule has 1 aromatic carbocycles. The van der Waals surface area contributed by atoms with E-state index in [1.165, 1.54) is 5.56 Å². The van der Waals surface area contributed by atoms with Crippen LogP contribution < -0.4 is 5.32 Å². The van der Waals surface area contributed by atoms with E-state index in [-0.39, 0.29) is 24.0 Å². The largest absolute Gasteiger partial charge is 0.357 e. The zero-order valence-electron chi connectivity index (χ0n) is 17.0. The number of guanidine groups is 1. The first-order valence-electron chi connectivity index (χ1n) is 9.46. The van der Waals surface area contributed by atoms with Crippen molar-refractivity contribution in [3.63, 3.8) is 0 Å². The van der Waals surface area contributed by atoms with Crippen molar-refractivity contribution in [3.8, 4) is 5.69 Å². The third kappa shape index (κ3) is 6.50. The zero-order valence-corrected chi connectivity index (χ0v) is 20.1. The normalized spacial score (nSPS) is 11.2. The highest BCUT2D eigenvalue weighted by Gasteiger charge is 2.10. The van der Waals surface area contributed by atoms with Gasteiger partial charge in [0.2, 0.25) is 0 Å². The molecule has 1 N–H and O–H groups in total. The van der Waals surface area contributed by atoms with Crippen molar-refractivity contribution in [2.24, 2.45) is 12.0 Å². The number of nitrogens with one attached hydrogen (secondary N) is 1. The summed E-state index contributed by atoms with van der Waals surface area (Å²) >= 11 is 6.09. The molecule has 2 heterocycles. The molecule has 0 fully saturated rings. The Morgan fingerprint density at radius 2 is 2.00 bits per heavy atom. The summed E-state index contributed by atoms with van der Waals surface area (Å²) in [7, 11) is 4.04. The van der Waals surface area contributed by atoms with Crippen molar-refractivity contribution in [1.29, 1.82) is 0 Å². The molecular formula is C21H28ClIN6. The molecule has 2 aromatic heterocycles. The predicted octanol–water partition coefficient (Wildman–Crippen LogP) is 4.12. The topological polar surface area (TPSA) is 50.4 Å². The van der Waals surface area contributed by atoms with Crippen molar-refractivity contribution in [1.82, 2.24) is 24.6 Å². The number of aliphatic imine (C=N–C) groups is 1. The van der Waals surface area contributed by atoms with Crippen LogP contribution in [0.5, 0.6) is 0 Å². The lowest BCUT2D eigenvalue weighted by molar-refractivity contribution is 0.462. The molecule has 29 heavy (non-hydrogen) atoms. The summed E-state index contributed by atoms with van der Waals surface area (Å²) in [6, 6.07) is 12.1. The maximum Gasteiger partial charge on any atom is 0.194 e. The molecule has 3 rings (SSSR count). The second kappa shape index (κ2) is 11.3. The van der Waals surface area contributed by atoms with Gasteiger partial charge in [0.15, 0.2) is 5.96 Å². The van der Waals surface area contributed by atoms with Gasteiger partial charge >= 0.3 is 0 Å². The van der Waals surface area contributed by atoms with Crippen LogP contribution in [0.4, 0.5) is 0 Å². The van der Waals surface area contributed by atoms with Gasteiger partial charge in [0.25, 0.3) is 0 Å². The summed E-state index contributed by atoms with van der Waals surface area (Å²) < 4.78 is 3.94. The van der Waals surface area contributed by atoms with Gasteiger partial charge in [-0.15, -0.1) is 24.0 Å². The van der Waals surface area contributed by atoms with E-state index in [0.29, 0.717) is 6.54 Å². The zero-order chi connectivity index (χ0) is 19.9. The van der Waals surface area contributed by atoms with Crippen LogP contribution in [0.15, 0.2) is 60.0 Å². The Balaban J connectivity index is 0.00000300. The molecule has 0 radical (unpaired) electrons. The summed E-state index contributed by atoms with van der Waals surface area (Å²) in [4.78, 5) is 6.89. The Bertz CT molecular complexity index is 918. The van der Waals surface area contributed by atoms with Crippen LogP contribution in [-0.2, 0) is 20.0 Å². The minimum atomic E-state index is 0. The standard InChI is InChI=1S/C21H27ClN6.HI/c1-4-23-21(27(3)16-20-12-18(22)15-26(20)2)24-11-10-17-13-25-28(14-17)19-8-6-5-7-9-19;/h5-9,12-15H,4,10-11,16H2,1-3H3,(H,23,24);1H. The van der Waals surface area contributed by atoms with Crippen molar-refractivity contribution in [3.05, 3.63) is 71.3 Å². The van der Waals surface area contributed by atoms with E-state index in [9.17, 15) is 0 Å². The van der Waals surface area contributed by atoms with E-state index >= 15 is 0 Å². The molecule has 0 aliphatic heterocycles. The molecule has 0 saturated carbocycles. The van der Waals surface area contributed by atoms with E-state index in [2.05, 4.69) is 28.4 Å². The number of rotatable bonds is 7. The smallest absolute Gasteiger partial charge is 0.194 e. The Kier molecular flexibility index (Phi) is 9.03. The molecule has 0 aliphatic carbocycles. The molecule has 0 unspecified atom stereocenters. The summed E-state index contributed by atoms with van der Waals surface area (Å²) in [6.07, 6.45) is 6.73. The van der Waals surface area contributed by atoms with Crippen LogP contribution in [-0.4, -0.2) is 45.3 Å². The van der Waals surface area contributed by atoms with Crippen LogP contribution in [0.3, 0.4) is 0 Å². The number of nitrogens with zero attached hydrogens (tertiary/aromatic N) is 5. The van der Waals surface area contributed by atoms with Gasteiger partial charge in [-0.25, -0.2) is 4.68 Å². The monoisotopic (exact) mass is 526 g/mol. The first-order chi connectivity index (χ1) is 13.6. The summed E-state index contributed by atoms with van der Waals surface area (Å²) in [6.45, 7) is 4.33. The maximum absolute atomic E-state index is 6.09. The van der Waals surface area contributed by atoms with Crippen molar-refractivity contribution >= 4 is 41.5 Å². The first-order valence-corrected chi connectivity index (χ1v) is 9.83. The van der Waals surface area contributed by atoms with Crippen LogP contribution in [0.1, 0.15) is 18.2 Å². The number of para-hydroxylation sites is 1. The van der Waals surface area contributed by atoms with Crippen LogP contribution in [0.2, 0.25) is 5.02 Å². The third-order valence-corrected chi connectivity index (χ3v) is 4.70. The molecule has 3 aromatic rings. The third-order valence-electron chi connectivity index (χ3n) is 4.49. The number of aryl methyl sites for hydroxylation is 1. The Hall–Kier alpha value is -2.00. The lowest BCUT2D eigenvalue weighted by atomic mass is 10.2. The quantitative estimate of drug-likeness (QED) is 0.286. The molecular weight excluding hydrogens is 499 g/mol. The molecule has 0 atom stereocenters. The van der Waals surface area contributed by atoms with Gasteiger partial charge < -0.3 is 14.8 Å². The second-order valence-electron chi connectivity index (χ2n) is 6.73. The van der Waals surface area contributed by atoms with Gasteiger partial charge in [0, 0.05) is 45.3 Å². The highest BCUT2D eigenvalue weighted by atomic mass is 127. The fourth-order valence-corrected chi connectivity index (χ4v) is 3.29. The predicted molar refractivity (Wildman–Crippen MR) is 131 cm³/mol. The minimum Gasteiger partial charge on any atom is -0.357 e. The fraction of sp³-hybridized carbons (Fsp3) is 0.333. The molecule has 0 bridgehead atoms. The summed E-state index contributed by atoms with van der Waals surface area (Å²) in [5.74, 6) is 0.885. The molecule has 0 aliphatic rings. The SMILES string of the molecule is CCNC(=NCCc1cnn(-c2ccccc2)c1)N(C)Cc1cc(Cl)cn1C.I. The lowest BCUT2D eigenvalue weighted by Gasteiger charge is -2.22. The molecule has 156 valence electrons. The number of hydrogen-bond acceptors (Lipinski definition) is 2. The van der Waals surface area contributed by atoms with Crippen LogP contribution in [0, 0.1) is 0 Å². The Morgan fingerprint density at radius 3 is 2.66 bits per heavy atom. The number of benzene rings is 1. The van der Waals surface area contributed by atoms with Gasteiger partial charge in [-0.2, -0.15) is 5.10 Å². The lowest BCUT2D eigenvalue weighted by Crippen LogP contribution is -2.39. The van der Waals surface area contributed by atoms with E-state index in [1.54, 1.807) is 0 Å². The van der Waals surface area contributed by atoms with Gasteiger partial charge in [0.1, 0.15) is 0 Å². The second-order valence-corrected chi connectivity index (χ2v) is 7.17. The molecule has 0 amide bonds. The summed E-state index contributed by atoms with van der Waals surface area (Å²) in [5, 5.41) is 8.56. The van der Waals surface area contributed by atoms with E-state index in [1.807, 2.05) is 72.1 Å². The number of aromatic nitrogens is 3. The van der Waals surface area contributed by atoms with Gasteiger partial charge in [-0.3, -0.25) is 4.99 Å². The van der Waals surface area contributed by atoms with Gasteiger partial charge in [-0.05, 0) is 37.1 Å². The Morgan fingerprint density at radius 1 is 1.24 bits per heavy atom. The van der Waals surface area contributed by atoms with E-state index in [4.69, 9.17) is 16.6 Å². The minimum absolute atomic E-state index is 0. The maximum atomic E-state index is 6.09. The summed E-state index contributed by atoms with van der Waals surface area (Å²) in [5.41, 5.74) is 3.37. The van der Waals surface area contributed by atoms with Crippen LogP contribution >= 0.6 is 35.6 Å². The van der Waals surface area contributed by atoms with Gasteiger partial charge in [0.05, 0.1) is 23.5 Å². The van der Waals surface area contributed by atoms with Gasteiger partial charge in [-0.1, -0.05) is 29.8 Å². The highest BCUT2D eigenvalue weighted by molar-refractivity contribution is 14.0. The van der Waals surface area contributed by atoms with E-state index in [0.717, 1.165) is 41.9 Å². The molecule has 0 saturated heterocycles. The Labute approximate surface area is 194 Å². The fourth-order valence-electron chi connectivity index (χ4n) is 3.01.